The minimum Gasteiger partial charge on any atom is -0.323 e. The molecule has 0 saturated carbocycles. The van der Waals surface area contributed by atoms with Crippen LogP contribution in [0.15, 0.2) is 5.38 Å². The van der Waals surface area contributed by atoms with Crippen molar-refractivity contribution in [2.24, 2.45) is 5.73 Å². The molecule has 1 aromatic rings. The van der Waals surface area contributed by atoms with Crippen LogP contribution in [0.2, 0.25) is 0 Å². The Morgan fingerprint density at radius 2 is 2.29 bits per heavy atom. The van der Waals surface area contributed by atoms with Crippen LogP contribution < -0.4 is 5.73 Å². The summed E-state index contributed by atoms with van der Waals surface area (Å²) in [7, 11) is -2.94. The van der Waals surface area contributed by atoms with Crippen molar-refractivity contribution in [3.63, 3.8) is 0 Å². The number of thioether (sulfide) groups is 1. The molecule has 1 heterocycles. The Kier molecular flexibility index (Phi) is 5.91. The number of nitrogens with zero attached hydrogens (tertiary/aromatic N) is 1. The molecule has 0 aromatic carbocycles. The number of hydrogen-bond acceptors (Lipinski definition) is 6. The summed E-state index contributed by atoms with van der Waals surface area (Å²) in [5.41, 5.74) is 6.73. The van der Waals surface area contributed by atoms with Gasteiger partial charge < -0.3 is 5.73 Å². The van der Waals surface area contributed by atoms with Gasteiger partial charge >= 0.3 is 0 Å². The Morgan fingerprint density at radius 3 is 2.88 bits per heavy atom. The molecule has 0 radical (unpaired) electrons. The lowest BCUT2D eigenvalue weighted by Crippen LogP contribution is -2.16. The maximum Gasteiger partial charge on any atom is 0.147 e. The van der Waals surface area contributed by atoms with E-state index in [2.05, 4.69) is 11.9 Å². The van der Waals surface area contributed by atoms with Gasteiger partial charge in [-0.3, -0.25) is 0 Å². The Hall–Kier alpha value is -0.110. The van der Waals surface area contributed by atoms with E-state index < -0.39 is 9.84 Å². The quantitative estimate of drug-likeness (QED) is 0.830. The van der Waals surface area contributed by atoms with Gasteiger partial charge in [0.25, 0.3) is 0 Å². The first-order valence-corrected chi connectivity index (χ1v) is 9.47. The van der Waals surface area contributed by atoms with E-state index in [4.69, 9.17) is 5.73 Å². The molecule has 0 bridgehead atoms. The van der Waals surface area contributed by atoms with Gasteiger partial charge in [0, 0.05) is 23.4 Å². The molecule has 1 rings (SSSR count). The van der Waals surface area contributed by atoms with Crippen LogP contribution in [0.5, 0.6) is 0 Å². The maximum absolute atomic E-state index is 11.0. The summed E-state index contributed by atoms with van der Waals surface area (Å²) < 4.78 is 22.1. The minimum atomic E-state index is -2.94. The molecule has 0 spiro atoms. The van der Waals surface area contributed by atoms with Crippen molar-refractivity contribution in [2.75, 3.05) is 17.8 Å². The monoisotopic (exact) mass is 294 g/mol. The van der Waals surface area contributed by atoms with E-state index in [9.17, 15) is 8.42 Å². The van der Waals surface area contributed by atoms with Gasteiger partial charge in [0.2, 0.25) is 0 Å². The molecule has 0 aliphatic heterocycles. The number of rotatable bonds is 7. The lowest BCUT2D eigenvalue weighted by molar-refractivity contribution is 0.590. The third kappa shape index (κ3) is 5.85. The van der Waals surface area contributed by atoms with Crippen molar-refractivity contribution >= 4 is 32.9 Å². The zero-order chi connectivity index (χ0) is 12.9. The largest absolute Gasteiger partial charge is 0.323 e. The van der Waals surface area contributed by atoms with Crippen LogP contribution in [-0.2, 0) is 15.6 Å². The first-order valence-electron chi connectivity index (χ1n) is 5.37. The average molecular weight is 294 g/mol. The van der Waals surface area contributed by atoms with Gasteiger partial charge in [-0.15, -0.1) is 11.3 Å². The number of hydrogen-bond donors (Lipinski definition) is 1. The molecular formula is C10H18N2O2S3. The summed E-state index contributed by atoms with van der Waals surface area (Å²) in [6, 6.07) is -0.277. The topological polar surface area (TPSA) is 73.0 Å². The molecule has 2 N–H and O–H groups in total. The lowest BCUT2D eigenvalue weighted by atomic mass is 10.2. The molecule has 98 valence electrons. The zero-order valence-electron chi connectivity index (χ0n) is 10.0. The van der Waals surface area contributed by atoms with E-state index in [-0.39, 0.29) is 11.8 Å². The van der Waals surface area contributed by atoms with E-state index >= 15 is 0 Å². The molecule has 0 saturated heterocycles. The summed E-state index contributed by atoms with van der Waals surface area (Å²) in [6.45, 7) is 2.11. The highest BCUT2D eigenvalue weighted by Gasteiger charge is 2.13. The van der Waals surface area contributed by atoms with Gasteiger partial charge in [0.1, 0.15) is 14.8 Å². The smallest absolute Gasteiger partial charge is 0.147 e. The van der Waals surface area contributed by atoms with Gasteiger partial charge in [-0.25, -0.2) is 13.4 Å². The Morgan fingerprint density at radius 1 is 1.59 bits per heavy atom. The van der Waals surface area contributed by atoms with Gasteiger partial charge in [0.05, 0.1) is 11.4 Å². The third-order valence-electron chi connectivity index (χ3n) is 2.18. The molecule has 1 aromatic heterocycles. The Labute approximate surface area is 111 Å². The van der Waals surface area contributed by atoms with Crippen LogP contribution >= 0.6 is 23.1 Å². The zero-order valence-corrected chi connectivity index (χ0v) is 12.5. The SMILES string of the molecule is CCSCc1nc(C(N)CCS(C)(=O)=O)cs1. The summed E-state index contributed by atoms with van der Waals surface area (Å²) >= 11 is 3.40. The molecule has 7 heteroatoms. The average Bonchev–Trinajstić information content (AvgIpc) is 2.70. The predicted molar refractivity (Wildman–Crippen MR) is 75.2 cm³/mol. The summed E-state index contributed by atoms with van der Waals surface area (Å²) in [4.78, 5) is 4.43. The number of nitrogens with two attached hydrogens (primary N) is 1. The van der Waals surface area contributed by atoms with Crippen molar-refractivity contribution in [3.8, 4) is 0 Å². The summed E-state index contributed by atoms with van der Waals surface area (Å²) in [5, 5.41) is 2.99. The molecular weight excluding hydrogens is 276 g/mol. The van der Waals surface area contributed by atoms with Crippen LogP contribution in [0.4, 0.5) is 0 Å². The van der Waals surface area contributed by atoms with Crippen molar-refractivity contribution in [2.45, 2.75) is 25.1 Å². The summed E-state index contributed by atoms with van der Waals surface area (Å²) in [6.07, 6.45) is 1.66. The molecule has 0 aliphatic rings. The van der Waals surface area contributed by atoms with E-state index in [1.165, 1.54) is 6.26 Å². The van der Waals surface area contributed by atoms with Crippen LogP contribution in [0.3, 0.4) is 0 Å². The number of aromatic nitrogens is 1. The lowest BCUT2D eigenvalue weighted by Gasteiger charge is -2.07. The molecule has 0 aliphatic carbocycles. The molecule has 0 amide bonds. The summed E-state index contributed by atoms with van der Waals surface area (Å²) in [5.74, 6) is 2.08. The van der Waals surface area contributed by atoms with Gasteiger partial charge in [0.15, 0.2) is 0 Å². The second-order valence-electron chi connectivity index (χ2n) is 3.83. The minimum absolute atomic E-state index is 0.116. The Balaban J connectivity index is 2.51. The van der Waals surface area contributed by atoms with Crippen molar-refractivity contribution < 1.29 is 8.42 Å². The fourth-order valence-corrected chi connectivity index (χ4v) is 3.53. The highest BCUT2D eigenvalue weighted by molar-refractivity contribution is 7.98. The molecule has 1 atom stereocenters. The highest BCUT2D eigenvalue weighted by atomic mass is 32.2. The van der Waals surface area contributed by atoms with Crippen LogP contribution in [0, 0.1) is 0 Å². The van der Waals surface area contributed by atoms with E-state index in [1.807, 2.05) is 17.1 Å². The third-order valence-corrected chi connectivity index (χ3v) is 5.09. The Bertz CT molecular complexity index is 442. The standard InChI is InChI=1S/C10H18N2O2S3/c1-3-15-7-10-12-9(6-16-10)8(11)4-5-17(2,13)14/h6,8H,3-5,7,11H2,1-2H3. The highest BCUT2D eigenvalue weighted by Crippen LogP contribution is 2.21. The van der Waals surface area contributed by atoms with Gasteiger partial charge in [-0.2, -0.15) is 11.8 Å². The molecule has 0 fully saturated rings. The molecule has 4 nitrogen and oxygen atoms in total. The molecule has 1 unspecified atom stereocenters. The second kappa shape index (κ2) is 6.72. The number of sulfone groups is 1. The number of thiazole rings is 1. The van der Waals surface area contributed by atoms with Crippen molar-refractivity contribution in [1.82, 2.24) is 4.98 Å². The first-order chi connectivity index (χ1) is 7.92. The van der Waals surface area contributed by atoms with Gasteiger partial charge in [-0.05, 0) is 12.2 Å². The second-order valence-corrected chi connectivity index (χ2v) is 8.30. The van der Waals surface area contributed by atoms with E-state index in [1.54, 1.807) is 11.3 Å². The van der Waals surface area contributed by atoms with Crippen molar-refractivity contribution in [1.29, 1.82) is 0 Å². The fourth-order valence-electron chi connectivity index (χ4n) is 1.24. The first kappa shape index (κ1) is 14.9. The normalized spacial score (nSPS) is 13.8. The van der Waals surface area contributed by atoms with Crippen molar-refractivity contribution in [3.05, 3.63) is 16.1 Å². The predicted octanol–water partition coefficient (Wildman–Crippen LogP) is 1.83. The maximum atomic E-state index is 11.0. The van der Waals surface area contributed by atoms with Crippen LogP contribution in [-0.4, -0.2) is 31.2 Å². The van der Waals surface area contributed by atoms with Crippen LogP contribution in [0.1, 0.15) is 30.1 Å². The van der Waals surface area contributed by atoms with Crippen LogP contribution in [0.25, 0.3) is 0 Å². The van der Waals surface area contributed by atoms with Gasteiger partial charge in [-0.1, -0.05) is 6.92 Å². The van der Waals surface area contributed by atoms with E-state index in [0.717, 1.165) is 22.2 Å². The fraction of sp³-hybridized carbons (Fsp3) is 0.700. The molecule has 17 heavy (non-hydrogen) atoms. The van der Waals surface area contributed by atoms with E-state index in [0.29, 0.717) is 6.42 Å².